The molecule has 0 saturated heterocycles. The molecule has 0 atom stereocenters. The van der Waals surface area contributed by atoms with Gasteiger partial charge in [-0.1, -0.05) is 32.1 Å². The number of ether oxygens (including phenoxy) is 1. The summed E-state index contributed by atoms with van der Waals surface area (Å²) in [4.78, 5) is 10.7. The second-order valence-electron chi connectivity index (χ2n) is 5.21. The maximum atomic E-state index is 10.7. The van der Waals surface area contributed by atoms with Crippen LogP contribution in [-0.4, -0.2) is 22.8 Å². The number of carboxylic acid groups (broad SMARTS) is 1. The highest BCUT2D eigenvalue weighted by Crippen LogP contribution is 2.33. The number of nitriles is 1. The molecule has 1 N–H and O–H groups in total. The average Bonchev–Trinajstić information content (AvgIpc) is 2.98. The number of carbonyl (C=O) groups is 1. The SMILES string of the molecule is C/C=C(\C=C/CC(=O)O)c1c(C#N)c2cc(OC)ccc2n1CC.CC. The van der Waals surface area contributed by atoms with Crippen LogP contribution in [0.15, 0.2) is 36.4 Å². The van der Waals surface area contributed by atoms with E-state index < -0.39 is 5.97 Å². The van der Waals surface area contributed by atoms with Crippen LogP contribution >= 0.6 is 0 Å². The number of hydrogen-bond donors (Lipinski definition) is 1. The molecule has 0 spiro atoms. The van der Waals surface area contributed by atoms with Gasteiger partial charge in [0.05, 0.1) is 30.3 Å². The van der Waals surface area contributed by atoms with Crippen molar-refractivity contribution in [3.05, 3.63) is 47.7 Å². The summed E-state index contributed by atoms with van der Waals surface area (Å²) < 4.78 is 7.33. The third-order valence-corrected chi connectivity index (χ3v) is 3.87. The van der Waals surface area contributed by atoms with Gasteiger partial charge >= 0.3 is 5.97 Å². The zero-order valence-corrected chi connectivity index (χ0v) is 16.0. The van der Waals surface area contributed by atoms with Gasteiger partial charge < -0.3 is 14.4 Å². The third-order valence-electron chi connectivity index (χ3n) is 3.87. The molecule has 0 unspecified atom stereocenters. The van der Waals surface area contributed by atoms with E-state index in [-0.39, 0.29) is 6.42 Å². The molecule has 1 aromatic heterocycles. The van der Waals surface area contributed by atoms with Crippen LogP contribution in [0.4, 0.5) is 0 Å². The number of methoxy groups -OCH3 is 1. The van der Waals surface area contributed by atoms with E-state index in [1.54, 1.807) is 19.3 Å². The molecule has 26 heavy (non-hydrogen) atoms. The lowest BCUT2D eigenvalue weighted by Gasteiger charge is -2.09. The molecule has 0 saturated carbocycles. The van der Waals surface area contributed by atoms with Crippen molar-refractivity contribution in [2.45, 2.75) is 40.7 Å². The number of fused-ring (bicyclic) bond motifs is 1. The Kier molecular flexibility index (Phi) is 8.17. The molecule has 5 nitrogen and oxygen atoms in total. The van der Waals surface area contributed by atoms with E-state index in [0.717, 1.165) is 22.2 Å². The van der Waals surface area contributed by atoms with Gasteiger partial charge in [-0.25, -0.2) is 0 Å². The van der Waals surface area contributed by atoms with Crippen molar-refractivity contribution in [3.63, 3.8) is 0 Å². The molecule has 1 aromatic carbocycles. The molecule has 0 bridgehead atoms. The van der Waals surface area contributed by atoms with Gasteiger partial charge in [0.25, 0.3) is 0 Å². The Morgan fingerprint density at radius 3 is 2.58 bits per heavy atom. The Labute approximate surface area is 154 Å². The standard InChI is InChI=1S/C19H20N2O3.C2H6/c1-4-13(7-6-8-18(22)23)19-16(12-20)15-11-14(24-3)9-10-17(15)21(19)5-2;1-2/h4,6-7,9-11H,5,8H2,1-3H3,(H,22,23);1-2H3/b7-6-,13-4+;. The van der Waals surface area contributed by atoms with Gasteiger partial charge in [0.15, 0.2) is 0 Å². The summed E-state index contributed by atoms with van der Waals surface area (Å²) in [6, 6.07) is 7.96. The quantitative estimate of drug-likeness (QED) is 0.741. The number of benzene rings is 1. The predicted molar refractivity (Wildman–Crippen MR) is 105 cm³/mol. The van der Waals surface area contributed by atoms with E-state index in [1.807, 2.05) is 52.0 Å². The normalized spacial score (nSPS) is 11.2. The van der Waals surface area contributed by atoms with Crippen LogP contribution in [0.25, 0.3) is 16.5 Å². The Bertz CT molecular complexity index is 867. The monoisotopic (exact) mass is 354 g/mol. The van der Waals surface area contributed by atoms with Crippen LogP contribution in [0.2, 0.25) is 0 Å². The summed E-state index contributed by atoms with van der Waals surface area (Å²) in [6.07, 6.45) is 5.18. The van der Waals surface area contributed by atoms with Crippen molar-refractivity contribution < 1.29 is 14.6 Å². The average molecular weight is 354 g/mol. The first-order valence-electron chi connectivity index (χ1n) is 8.72. The van der Waals surface area contributed by atoms with E-state index in [2.05, 4.69) is 10.6 Å². The van der Waals surface area contributed by atoms with E-state index in [1.165, 1.54) is 0 Å². The number of carboxylic acids is 1. The lowest BCUT2D eigenvalue weighted by molar-refractivity contribution is -0.136. The van der Waals surface area contributed by atoms with E-state index in [4.69, 9.17) is 9.84 Å². The highest BCUT2D eigenvalue weighted by atomic mass is 16.5. The van der Waals surface area contributed by atoms with Crippen LogP contribution < -0.4 is 4.74 Å². The highest BCUT2D eigenvalue weighted by Gasteiger charge is 2.18. The Morgan fingerprint density at radius 1 is 1.38 bits per heavy atom. The molecule has 0 amide bonds. The van der Waals surface area contributed by atoms with Gasteiger partial charge in [-0.3, -0.25) is 4.79 Å². The lowest BCUT2D eigenvalue weighted by atomic mass is 10.1. The number of allylic oxidation sites excluding steroid dienone is 3. The van der Waals surface area contributed by atoms with Crippen molar-refractivity contribution in [2.24, 2.45) is 0 Å². The molecular formula is C21H26N2O3. The second-order valence-corrected chi connectivity index (χ2v) is 5.21. The Balaban J connectivity index is 0.00000163. The molecule has 138 valence electrons. The zero-order chi connectivity index (χ0) is 19.7. The minimum absolute atomic E-state index is 0.0561. The second kappa shape index (κ2) is 10.1. The summed E-state index contributed by atoms with van der Waals surface area (Å²) in [5.41, 5.74) is 3.15. The largest absolute Gasteiger partial charge is 0.497 e. The van der Waals surface area contributed by atoms with Crippen LogP contribution in [0.1, 0.15) is 45.4 Å². The molecule has 0 aliphatic carbocycles. The first-order chi connectivity index (χ1) is 12.6. The van der Waals surface area contributed by atoms with Gasteiger partial charge in [-0.2, -0.15) is 5.26 Å². The van der Waals surface area contributed by atoms with Crippen LogP contribution in [0, 0.1) is 11.3 Å². The van der Waals surface area contributed by atoms with Crippen LogP contribution in [0.5, 0.6) is 5.75 Å². The molecule has 2 aromatic rings. The molecule has 5 heteroatoms. The summed E-state index contributed by atoms with van der Waals surface area (Å²) >= 11 is 0. The predicted octanol–water partition coefficient (Wildman–Crippen LogP) is 5.00. The van der Waals surface area contributed by atoms with Crippen LogP contribution in [0.3, 0.4) is 0 Å². The summed E-state index contributed by atoms with van der Waals surface area (Å²) in [6.45, 7) is 8.59. The molecule has 2 rings (SSSR count). The third kappa shape index (κ3) is 4.34. The van der Waals surface area contributed by atoms with Gasteiger partial charge in [-0.15, -0.1) is 0 Å². The van der Waals surface area contributed by atoms with Gasteiger partial charge in [0.2, 0.25) is 0 Å². The summed E-state index contributed by atoms with van der Waals surface area (Å²) in [5.74, 6) is -0.190. The fraction of sp³-hybridized carbons (Fsp3) is 0.333. The van der Waals surface area contributed by atoms with E-state index in [0.29, 0.717) is 17.9 Å². The van der Waals surface area contributed by atoms with Crippen molar-refractivity contribution in [3.8, 4) is 11.8 Å². The molecular weight excluding hydrogens is 328 g/mol. The van der Waals surface area contributed by atoms with Gasteiger partial charge in [0, 0.05) is 11.9 Å². The number of aromatic nitrogens is 1. The van der Waals surface area contributed by atoms with Crippen molar-refractivity contribution in [2.75, 3.05) is 7.11 Å². The number of hydrogen-bond acceptors (Lipinski definition) is 3. The Hall–Kier alpha value is -3.00. The van der Waals surface area contributed by atoms with Gasteiger partial charge in [0.1, 0.15) is 11.8 Å². The molecule has 0 fully saturated rings. The highest BCUT2D eigenvalue weighted by molar-refractivity contribution is 5.95. The number of aliphatic carboxylic acids is 1. The molecule has 0 aliphatic rings. The zero-order valence-electron chi connectivity index (χ0n) is 16.0. The number of rotatable bonds is 6. The topological polar surface area (TPSA) is 75.2 Å². The molecule has 1 heterocycles. The minimum Gasteiger partial charge on any atom is -0.497 e. The fourth-order valence-electron chi connectivity index (χ4n) is 2.80. The molecule has 0 radical (unpaired) electrons. The number of nitrogens with zero attached hydrogens (tertiary/aromatic N) is 2. The first kappa shape index (κ1) is 21.0. The molecule has 0 aliphatic heterocycles. The van der Waals surface area contributed by atoms with E-state index in [9.17, 15) is 10.1 Å². The van der Waals surface area contributed by atoms with Crippen LogP contribution in [-0.2, 0) is 11.3 Å². The summed E-state index contributed by atoms with van der Waals surface area (Å²) in [7, 11) is 1.59. The Morgan fingerprint density at radius 2 is 2.08 bits per heavy atom. The maximum Gasteiger partial charge on any atom is 0.307 e. The van der Waals surface area contributed by atoms with Crippen molar-refractivity contribution in [1.29, 1.82) is 5.26 Å². The lowest BCUT2D eigenvalue weighted by Crippen LogP contribution is -2.00. The summed E-state index contributed by atoms with van der Waals surface area (Å²) in [5, 5.41) is 19.3. The number of aryl methyl sites for hydroxylation is 1. The van der Waals surface area contributed by atoms with E-state index >= 15 is 0 Å². The van der Waals surface area contributed by atoms with Gasteiger partial charge in [-0.05, 0) is 37.6 Å². The minimum atomic E-state index is -0.886. The fourth-order valence-corrected chi connectivity index (χ4v) is 2.80. The maximum absolute atomic E-state index is 10.7. The van der Waals surface area contributed by atoms with Crippen molar-refractivity contribution >= 4 is 22.4 Å². The first-order valence-corrected chi connectivity index (χ1v) is 8.72. The van der Waals surface area contributed by atoms with Crippen molar-refractivity contribution in [1.82, 2.24) is 4.57 Å². The smallest absolute Gasteiger partial charge is 0.307 e.